The van der Waals surface area contributed by atoms with Crippen molar-refractivity contribution in [2.24, 2.45) is 0 Å². The Morgan fingerprint density at radius 2 is 2.00 bits per heavy atom. The Bertz CT molecular complexity index is 540. The van der Waals surface area contributed by atoms with Gasteiger partial charge >= 0.3 is 12.0 Å². The van der Waals surface area contributed by atoms with E-state index in [9.17, 15) is 9.59 Å². The molecule has 6 heteroatoms. The fraction of sp³-hybridized carbons (Fsp3) is 0.375. The smallest absolute Gasteiger partial charge is 0.341 e. The number of ether oxygens (including phenoxy) is 1. The van der Waals surface area contributed by atoms with Crippen molar-refractivity contribution in [1.82, 2.24) is 10.2 Å². The normalized spacial score (nSPS) is 13.7. The monoisotopic (exact) mass is 304 g/mol. The lowest BCUT2D eigenvalue weighted by Gasteiger charge is -2.23. The van der Waals surface area contributed by atoms with Crippen LogP contribution in [0.2, 0.25) is 0 Å². The number of rotatable bonds is 6. The number of hydrogen-bond acceptors (Lipinski definition) is 3. The molecule has 0 unspecified atom stereocenters. The lowest BCUT2D eigenvalue weighted by molar-refractivity contribution is -0.139. The average molecular weight is 304 g/mol. The number of carbonyl (C=O) groups is 2. The van der Waals surface area contributed by atoms with E-state index in [1.807, 2.05) is 18.2 Å². The molecule has 0 saturated carbocycles. The first kappa shape index (κ1) is 15.9. The minimum atomic E-state index is -1.00. The molecule has 6 nitrogen and oxygen atoms in total. The molecule has 2 rings (SSSR count). The van der Waals surface area contributed by atoms with Crippen molar-refractivity contribution in [3.05, 3.63) is 42.0 Å². The molecule has 0 aliphatic carbocycles. The zero-order valence-corrected chi connectivity index (χ0v) is 12.3. The quantitative estimate of drug-likeness (QED) is 0.784. The van der Waals surface area contributed by atoms with E-state index in [0.717, 1.165) is 18.5 Å². The van der Waals surface area contributed by atoms with Crippen LogP contribution in [0.1, 0.15) is 12.0 Å². The topological polar surface area (TPSA) is 78.9 Å². The molecule has 1 aromatic rings. The van der Waals surface area contributed by atoms with Gasteiger partial charge in [-0.1, -0.05) is 24.3 Å². The number of amides is 2. The summed E-state index contributed by atoms with van der Waals surface area (Å²) in [6, 6.07) is 7.16. The van der Waals surface area contributed by atoms with Gasteiger partial charge < -0.3 is 20.1 Å². The van der Waals surface area contributed by atoms with Gasteiger partial charge in [0.05, 0.1) is 0 Å². The highest BCUT2D eigenvalue weighted by Crippen LogP contribution is 2.12. The Kier molecular flexibility index (Phi) is 5.82. The van der Waals surface area contributed by atoms with E-state index in [1.165, 1.54) is 0 Å². The molecule has 0 saturated heterocycles. The second-order valence-corrected chi connectivity index (χ2v) is 5.01. The molecule has 2 N–H and O–H groups in total. The summed E-state index contributed by atoms with van der Waals surface area (Å²) < 4.78 is 5.06. The fourth-order valence-electron chi connectivity index (χ4n) is 2.15. The van der Waals surface area contributed by atoms with Crippen molar-refractivity contribution < 1.29 is 19.4 Å². The second kappa shape index (κ2) is 8.07. The third-order valence-corrected chi connectivity index (χ3v) is 3.32. The van der Waals surface area contributed by atoms with Gasteiger partial charge in [-0.25, -0.2) is 9.59 Å². The third-order valence-electron chi connectivity index (χ3n) is 3.32. The molecular weight excluding hydrogens is 284 g/mol. The van der Waals surface area contributed by atoms with E-state index < -0.39 is 5.97 Å². The summed E-state index contributed by atoms with van der Waals surface area (Å²) >= 11 is 0. The minimum Gasteiger partial charge on any atom is -0.482 e. The summed E-state index contributed by atoms with van der Waals surface area (Å²) in [6.45, 7) is 1.65. The standard InChI is InChI=1S/C16H20N2O4/c19-15(20)12-22-14-6-4-13(5-7-14)8-9-17-16(21)18-10-2-1-3-11-18/h1-2,4-7H,3,8-12H2,(H,17,21)(H,19,20). The van der Waals surface area contributed by atoms with Gasteiger partial charge in [0.25, 0.3) is 0 Å². The number of carboxylic acid groups (broad SMARTS) is 1. The van der Waals surface area contributed by atoms with Gasteiger partial charge in [0, 0.05) is 19.6 Å². The largest absolute Gasteiger partial charge is 0.482 e. The highest BCUT2D eigenvalue weighted by molar-refractivity contribution is 5.74. The van der Waals surface area contributed by atoms with Gasteiger partial charge in [-0.15, -0.1) is 0 Å². The summed E-state index contributed by atoms with van der Waals surface area (Å²) in [5, 5.41) is 11.4. The Morgan fingerprint density at radius 1 is 1.23 bits per heavy atom. The first-order valence-electron chi connectivity index (χ1n) is 7.26. The van der Waals surface area contributed by atoms with Crippen LogP contribution in [0.25, 0.3) is 0 Å². The van der Waals surface area contributed by atoms with E-state index in [1.54, 1.807) is 17.0 Å². The van der Waals surface area contributed by atoms with Crippen LogP contribution in [0.4, 0.5) is 4.79 Å². The molecule has 0 aromatic heterocycles. The average Bonchev–Trinajstić information content (AvgIpc) is 2.55. The summed E-state index contributed by atoms with van der Waals surface area (Å²) in [6.07, 6.45) is 5.70. The van der Waals surface area contributed by atoms with E-state index >= 15 is 0 Å². The van der Waals surface area contributed by atoms with Crippen molar-refractivity contribution in [2.45, 2.75) is 12.8 Å². The molecule has 118 valence electrons. The van der Waals surface area contributed by atoms with Gasteiger partial charge in [0.15, 0.2) is 6.61 Å². The number of benzene rings is 1. The molecule has 0 radical (unpaired) electrons. The molecular formula is C16H20N2O4. The predicted octanol–water partition coefficient (Wildman–Crippen LogP) is 1.66. The molecule has 0 spiro atoms. The van der Waals surface area contributed by atoms with E-state index in [4.69, 9.17) is 9.84 Å². The van der Waals surface area contributed by atoms with Crippen LogP contribution in [-0.2, 0) is 11.2 Å². The maximum Gasteiger partial charge on any atom is 0.341 e. The van der Waals surface area contributed by atoms with Gasteiger partial charge in [-0.05, 0) is 30.5 Å². The number of nitrogens with one attached hydrogen (secondary N) is 1. The van der Waals surface area contributed by atoms with Crippen molar-refractivity contribution in [2.75, 3.05) is 26.2 Å². The molecule has 1 aromatic carbocycles. The van der Waals surface area contributed by atoms with Crippen LogP contribution in [0.15, 0.2) is 36.4 Å². The van der Waals surface area contributed by atoms with Crippen molar-refractivity contribution in [1.29, 1.82) is 0 Å². The fourth-order valence-corrected chi connectivity index (χ4v) is 2.15. The van der Waals surface area contributed by atoms with Crippen LogP contribution in [-0.4, -0.2) is 48.2 Å². The van der Waals surface area contributed by atoms with Gasteiger partial charge in [0.2, 0.25) is 0 Å². The Hall–Kier alpha value is -2.50. The highest BCUT2D eigenvalue weighted by Gasteiger charge is 2.12. The van der Waals surface area contributed by atoms with Crippen LogP contribution in [0, 0.1) is 0 Å². The Labute approximate surface area is 129 Å². The number of nitrogens with zero attached hydrogens (tertiary/aromatic N) is 1. The van der Waals surface area contributed by atoms with E-state index in [2.05, 4.69) is 11.4 Å². The van der Waals surface area contributed by atoms with Gasteiger partial charge in [-0.2, -0.15) is 0 Å². The molecule has 22 heavy (non-hydrogen) atoms. The molecule has 0 bridgehead atoms. The summed E-state index contributed by atoms with van der Waals surface area (Å²) in [7, 11) is 0. The number of aliphatic carboxylic acids is 1. The predicted molar refractivity (Wildman–Crippen MR) is 82.0 cm³/mol. The number of carboxylic acids is 1. The molecule has 0 fully saturated rings. The maximum atomic E-state index is 11.9. The Balaban J connectivity index is 1.71. The summed E-state index contributed by atoms with van der Waals surface area (Å²) in [4.78, 5) is 24.1. The molecule has 1 aliphatic rings. The lowest BCUT2D eigenvalue weighted by Crippen LogP contribution is -2.42. The zero-order chi connectivity index (χ0) is 15.8. The first-order valence-corrected chi connectivity index (χ1v) is 7.26. The van der Waals surface area contributed by atoms with Crippen LogP contribution >= 0.6 is 0 Å². The Morgan fingerprint density at radius 3 is 2.64 bits per heavy atom. The van der Waals surface area contributed by atoms with Crippen LogP contribution in [0.3, 0.4) is 0 Å². The molecule has 1 heterocycles. The number of carbonyl (C=O) groups excluding carboxylic acids is 1. The number of urea groups is 1. The third kappa shape index (κ3) is 5.12. The van der Waals surface area contributed by atoms with Crippen LogP contribution < -0.4 is 10.1 Å². The van der Waals surface area contributed by atoms with E-state index in [-0.39, 0.29) is 12.6 Å². The van der Waals surface area contributed by atoms with Crippen LogP contribution in [0.5, 0.6) is 5.75 Å². The van der Waals surface area contributed by atoms with E-state index in [0.29, 0.717) is 25.3 Å². The summed E-state index contributed by atoms with van der Waals surface area (Å²) in [5.41, 5.74) is 1.06. The number of hydrogen-bond donors (Lipinski definition) is 2. The van der Waals surface area contributed by atoms with Crippen molar-refractivity contribution in [3.63, 3.8) is 0 Å². The summed E-state index contributed by atoms with van der Waals surface area (Å²) in [5.74, 6) is -0.477. The first-order chi connectivity index (χ1) is 10.6. The highest BCUT2D eigenvalue weighted by atomic mass is 16.5. The van der Waals surface area contributed by atoms with Crippen molar-refractivity contribution in [3.8, 4) is 5.75 Å². The van der Waals surface area contributed by atoms with Gasteiger partial charge in [0.1, 0.15) is 5.75 Å². The second-order valence-electron chi connectivity index (χ2n) is 5.01. The molecule has 2 amide bonds. The van der Waals surface area contributed by atoms with Gasteiger partial charge in [-0.3, -0.25) is 0 Å². The molecule has 0 atom stereocenters. The minimum absolute atomic E-state index is 0.0363. The van der Waals surface area contributed by atoms with Crippen molar-refractivity contribution >= 4 is 12.0 Å². The maximum absolute atomic E-state index is 11.9. The SMILES string of the molecule is O=C(O)COc1ccc(CCNC(=O)N2CC=CCC2)cc1. The lowest BCUT2D eigenvalue weighted by atomic mass is 10.1. The zero-order valence-electron chi connectivity index (χ0n) is 12.3. The molecule has 1 aliphatic heterocycles.